The van der Waals surface area contributed by atoms with Gasteiger partial charge in [-0.3, -0.25) is 0 Å². The van der Waals surface area contributed by atoms with E-state index in [0.29, 0.717) is 0 Å². The van der Waals surface area contributed by atoms with Gasteiger partial charge >= 0.3 is 0 Å². The zero-order chi connectivity index (χ0) is 48.8. The second kappa shape index (κ2) is 14.0. The maximum Gasteiger partial charge on any atom is 0.144 e. The molecule has 0 atom stereocenters. The third-order valence-electron chi connectivity index (χ3n) is 16.9. The minimum Gasteiger partial charge on any atom is -0.456 e. The number of allylic oxidation sites excluding steroid dienone is 2. The van der Waals surface area contributed by atoms with Crippen LogP contribution in [0.2, 0.25) is 0 Å². The number of furan rings is 4. The number of benzene rings is 10. The third kappa shape index (κ3) is 5.29. The number of rotatable bonds is 4. The summed E-state index contributed by atoms with van der Waals surface area (Å²) in [5.74, 6) is 0. The maximum atomic E-state index is 7.11. The Labute approximate surface area is 420 Å². The van der Waals surface area contributed by atoms with E-state index in [1.807, 2.05) is 12.2 Å². The molecule has 346 valence electrons. The summed E-state index contributed by atoms with van der Waals surface area (Å²) in [6, 6.07) is 57.3. The topological polar surface area (TPSA) is 52.6 Å². The average molecular weight is 939 g/mol. The Morgan fingerprint density at radius 2 is 0.945 bits per heavy atom. The van der Waals surface area contributed by atoms with Crippen molar-refractivity contribution in [1.82, 2.24) is 0 Å². The highest BCUT2D eigenvalue weighted by Crippen LogP contribution is 2.63. The van der Waals surface area contributed by atoms with Crippen LogP contribution in [-0.2, 0) is 10.8 Å². The van der Waals surface area contributed by atoms with Crippen molar-refractivity contribution in [3.05, 3.63) is 210 Å². The molecule has 0 saturated heterocycles. The van der Waals surface area contributed by atoms with E-state index in [0.717, 1.165) is 121 Å². The Balaban J connectivity index is 0.907. The quantitative estimate of drug-likeness (QED) is 0.165. The second-order valence-corrected chi connectivity index (χ2v) is 21.6. The van der Waals surface area contributed by atoms with E-state index in [9.17, 15) is 0 Å². The fourth-order valence-corrected chi connectivity index (χ4v) is 13.5. The van der Waals surface area contributed by atoms with Crippen LogP contribution >= 0.6 is 0 Å². The molecule has 4 aromatic heterocycles. The van der Waals surface area contributed by atoms with Gasteiger partial charge in [-0.25, -0.2) is 0 Å². The van der Waals surface area contributed by atoms with E-state index < -0.39 is 5.41 Å². The predicted octanol–water partition coefficient (Wildman–Crippen LogP) is 19.9. The molecule has 0 fully saturated rings. The summed E-state index contributed by atoms with van der Waals surface area (Å²) in [7, 11) is 0. The molecule has 0 radical (unpaired) electrons. The molecule has 0 N–H and O–H groups in total. The van der Waals surface area contributed by atoms with E-state index in [-0.39, 0.29) is 5.41 Å². The summed E-state index contributed by atoms with van der Waals surface area (Å²) >= 11 is 0. The summed E-state index contributed by atoms with van der Waals surface area (Å²) in [6.07, 6.45) is 5.91. The van der Waals surface area contributed by atoms with Crippen LogP contribution in [-0.4, -0.2) is 0 Å². The zero-order valence-electron chi connectivity index (χ0n) is 41.1. The monoisotopic (exact) mass is 938 g/mol. The van der Waals surface area contributed by atoms with Crippen LogP contribution < -0.4 is 0 Å². The Hall–Kier alpha value is -8.86. The van der Waals surface area contributed by atoms with Gasteiger partial charge < -0.3 is 17.7 Å². The van der Waals surface area contributed by atoms with Gasteiger partial charge in [0.2, 0.25) is 0 Å². The molecular formula is C69H46O4. The van der Waals surface area contributed by atoms with Gasteiger partial charge in [0.15, 0.2) is 0 Å². The van der Waals surface area contributed by atoms with Crippen molar-refractivity contribution in [2.75, 3.05) is 0 Å². The highest BCUT2D eigenvalue weighted by Gasteiger charge is 2.48. The second-order valence-electron chi connectivity index (χ2n) is 21.6. The Bertz CT molecular complexity index is 4880. The Morgan fingerprint density at radius 1 is 0.411 bits per heavy atom. The minimum absolute atomic E-state index is 0.387. The molecule has 0 bridgehead atoms. The number of aryl methyl sites for hydroxylation is 1. The molecule has 73 heavy (non-hydrogen) atoms. The fourth-order valence-electron chi connectivity index (χ4n) is 13.5. The van der Waals surface area contributed by atoms with Crippen molar-refractivity contribution >= 4 is 105 Å². The lowest BCUT2D eigenvalue weighted by Crippen LogP contribution is -2.24. The molecule has 0 aliphatic heterocycles. The van der Waals surface area contributed by atoms with Gasteiger partial charge in [-0.1, -0.05) is 137 Å². The summed E-state index contributed by atoms with van der Waals surface area (Å²) in [4.78, 5) is 0. The van der Waals surface area contributed by atoms with E-state index in [1.165, 1.54) is 55.3 Å². The smallest absolute Gasteiger partial charge is 0.144 e. The van der Waals surface area contributed by atoms with Crippen LogP contribution in [0.1, 0.15) is 61.1 Å². The summed E-state index contributed by atoms with van der Waals surface area (Å²) in [5.41, 5.74) is 23.1. The zero-order valence-corrected chi connectivity index (χ0v) is 41.1. The maximum absolute atomic E-state index is 7.11. The molecule has 4 nitrogen and oxygen atoms in total. The lowest BCUT2D eigenvalue weighted by atomic mass is 9.72. The SMILES string of the molecule is C=C/C=C\c1cc2c(cc1C)oc1cc(-c3cc4c(c5oc6ccccc6c35)-c3ccc5c(c3C4(C)C)C(C)(C)c3cc(-c4ccc6c(c4)oc4cc7ccccc7cc46)c4oc6ccccc6c4c3-5)ccc12. The van der Waals surface area contributed by atoms with Crippen LogP contribution in [0.3, 0.4) is 0 Å². The number of hydrogen-bond acceptors (Lipinski definition) is 4. The van der Waals surface area contributed by atoms with Crippen LogP contribution in [0, 0.1) is 6.92 Å². The summed E-state index contributed by atoms with van der Waals surface area (Å²) in [5, 5.41) is 11.3. The molecule has 2 aliphatic rings. The van der Waals surface area contributed by atoms with Crippen molar-refractivity contribution in [3.63, 3.8) is 0 Å². The van der Waals surface area contributed by atoms with Gasteiger partial charge in [-0.15, -0.1) is 0 Å². The number of fused-ring (bicyclic) bond motifs is 22. The van der Waals surface area contributed by atoms with E-state index in [2.05, 4.69) is 205 Å². The molecule has 14 aromatic rings. The third-order valence-corrected chi connectivity index (χ3v) is 16.9. The van der Waals surface area contributed by atoms with Crippen molar-refractivity contribution in [1.29, 1.82) is 0 Å². The first-order valence-electron chi connectivity index (χ1n) is 25.3. The molecule has 0 unspecified atom stereocenters. The molecule has 4 heterocycles. The molecular weight excluding hydrogens is 893 g/mol. The van der Waals surface area contributed by atoms with Crippen molar-refractivity contribution < 1.29 is 17.7 Å². The lowest BCUT2D eigenvalue weighted by Gasteiger charge is -2.31. The van der Waals surface area contributed by atoms with Gasteiger partial charge in [0, 0.05) is 65.0 Å². The standard InChI is InChI=1S/C69H46O4/c1-7-8-15-37-29-50-42-24-22-40(32-57(42)70-56(50)28-36(37)2)48-34-53-62(67-60(48)44-18-11-13-20-54(44)73-67)47-27-26-46-61-52(68(3,4)64(46)65(47)69(53,5)6)35-49(66-63(61)45-19-12-14-21-55(45)72-66)41-23-25-43-51-30-38-16-9-10-17-39(38)31-59(51)71-58(43)33-41/h7-35H,1H2,2-6H3/b15-8-. The first kappa shape index (κ1) is 40.8. The van der Waals surface area contributed by atoms with Crippen molar-refractivity contribution in [2.24, 2.45) is 0 Å². The normalized spacial score (nSPS) is 14.6. The Kier molecular flexibility index (Phi) is 7.81. The van der Waals surface area contributed by atoms with E-state index >= 15 is 0 Å². The molecule has 0 amide bonds. The van der Waals surface area contributed by atoms with Gasteiger partial charge in [-0.2, -0.15) is 0 Å². The van der Waals surface area contributed by atoms with Gasteiger partial charge in [0.05, 0.1) is 0 Å². The molecule has 0 spiro atoms. The predicted molar refractivity (Wildman–Crippen MR) is 303 cm³/mol. The average Bonchev–Trinajstić information content (AvgIpc) is 4.23. The van der Waals surface area contributed by atoms with E-state index in [1.54, 1.807) is 0 Å². The van der Waals surface area contributed by atoms with E-state index in [4.69, 9.17) is 17.7 Å². The highest BCUT2D eigenvalue weighted by atomic mass is 16.3. The molecule has 16 rings (SSSR count). The molecule has 2 aliphatic carbocycles. The molecule has 0 saturated carbocycles. The van der Waals surface area contributed by atoms with Gasteiger partial charge in [0.1, 0.15) is 44.7 Å². The fraction of sp³-hybridized carbons (Fsp3) is 0.101. The molecule has 4 heteroatoms. The van der Waals surface area contributed by atoms with Crippen LogP contribution in [0.15, 0.2) is 194 Å². The van der Waals surface area contributed by atoms with Crippen LogP contribution in [0.5, 0.6) is 0 Å². The van der Waals surface area contributed by atoms with Gasteiger partial charge in [0.25, 0.3) is 0 Å². The van der Waals surface area contributed by atoms with Gasteiger partial charge in [-0.05, 0) is 157 Å². The summed E-state index contributed by atoms with van der Waals surface area (Å²) < 4.78 is 27.5. The molecule has 10 aromatic carbocycles. The number of hydrogen-bond donors (Lipinski definition) is 0. The highest BCUT2D eigenvalue weighted by molar-refractivity contribution is 6.22. The van der Waals surface area contributed by atoms with Crippen LogP contribution in [0.4, 0.5) is 0 Å². The van der Waals surface area contributed by atoms with Crippen molar-refractivity contribution in [3.8, 4) is 44.5 Å². The number of para-hydroxylation sites is 2. The van der Waals surface area contributed by atoms with Crippen LogP contribution in [0.25, 0.3) is 149 Å². The minimum atomic E-state index is -0.398. The lowest BCUT2D eigenvalue weighted by molar-refractivity contribution is 0.601. The first-order valence-corrected chi connectivity index (χ1v) is 25.3. The van der Waals surface area contributed by atoms with Crippen molar-refractivity contribution in [2.45, 2.75) is 45.4 Å². The largest absolute Gasteiger partial charge is 0.456 e. The Morgan fingerprint density at radius 3 is 1.63 bits per heavy atom. The summed E-state index contributed by atoms with van der Waals surface area (Å²) in [6.45, 7) is 15.7. The first-order chi connectivity index (χ1) is 35.5.